The second-order valence-corrected chi connectivity index (χ2v) is 6.96. The predicted molar refractivity (Wildman–Crippen MR) is 109 cm³/mol. The molecule has 6 nitrogen and oxygen atoms in total. The molecule has 1 aliphatic heterocycles. The molecular weight excluding hydrogens is 354 g/mol. The fourth-order valence-electron chi connectivity index (χ4n) is 3.50. The van der Waals surface area contributed by atoms with Gasteiger partial charge in [-0.25, -0.2) is 0 Å². The molecule has 0 aromatic heterocycles. The number of hydrogen-bond acceptors (Lipinski definition) is 4. The van der Waals surface area contributed by atoms with E-state index in [-0.39, 0.29) is 17.9 Å². The first-order valence-corrected chi connectivity index (χ1v) is 9.30. The Bertz CT molecular complexity index is 890. The summed E-state index contributed by atoms with van der Waals surface area (Å²) in [6.45, 7) is 4.33. The molecule has 0 saturated carbocycles. The minimum Gasteiger partial charge on any atom is -0.399 e. The maximum atomic E-state index is 13.1. The van der Waals surface area contributed by atoms with Crippen molar-refractivity contribution < 1.29 is 14.4 Å². The summed E-state index contributed by atoms with van der Waals surface area (Å²) in [6.07, 6.45) is 0.584. The van der Waals surface area contributed by atoms with Gasteiger partial charge in [0.15, 0.2) is 0 Å². The van der Waals surface area contributed by atoms with Crippen LogP contribution in [0.4, 0.5) is 0 Å². The Kier molecular flexibility index (Phi) is 6.09. The molecule has 1 N–H and O–H groups in total. The van der Waals surface area contributed by atoms with Crippen LogP contribution in [0.25, 0.3) is 11.1 Å². The monoisotopic (exact) mass is 379 g/mol. The molecule has 2 aromatic rings. The number of likely N-dealkylation sites (tertiary alicyclic amines) is 1. The third-order valence-electron chi connectivity index (χ3n) is 4.92. The zero-order valence-electron chi connectivity index (χ0n) is 16.4. The topological polar surface area (TPSA) is 71.0 Å². The number of rotatable bonds is 5. The van der Waals surface area contributed by atoms with Gasteiger partial charge in [-0.05, 0) is 35.7 Å². The predicted octanol–water partition coefficient (Wildman–Crippen LogP) is 3.02. The Morgan fingerprint density at radius 1 is 1.18 bits per heavy atom. The average molecular weight is 379 g/mol. The molecule has 0 spiro atoms. The van der Waals surface area contributed by atoms with Gasteiger partial charge in [-0.3, -0.25) is 9.59 Å². The molecule has 146 valence electrons. The highest BCUT2D eigenvalue weighted by Crippen LogP contribution is 2.25. The molecule has 1 aliphatic rings. The van der Waals surface area contributed by atoms with Crippen LogP contribution in [0.15, 0.2) is 53.7 Å². The van der Waals surface area contributed by atoms with E-state index in [1.54, 1.807) is 4.90 Å². The summed E-state index contributed by atoms with van der Waals surface area (Å²) in [4.78, 5) is 31.0. The lowest BCUT2D eigenvalue weighted by atomic mass is 9.99. The molecule has 3 rings (SSSR count). The maximum Gasteiger partial charge on any atom is 0.254 e. The highest BCUT2D eigenvalue weighted by molar-refractivity contribution is 6.00. The van der Waals surface area contributed by atoms with E-state index in [1.807, 2.05) is 36.4 Å². The number of amides is 2. The van der Waals surface area contributed by atoms with Gasteiger partial charge in [0.25, 0.3) is 5.91 Å². The van der Waals surface area contributed by atoms with Gasteiger partial charge in [0.05, 0.1) is 18.3 Å². The molecule has 1 heterocycles. The number of oxime groups is 1. The Morgan fingerprint density at radius 3 is 2.54 bits per heavy atom. The van der Waals surface area contributed by atoms with Gasteiger partial charge >= 0.3 is 0 Å². The van der Waals surface area contributed by atoms with E-state index in [2.05, 4.69) is 29.5 Å². The zero-order valence-corrected chi connectivity index (χ0v) is 16.4. The van der Waals surface area contributed by atoms with E-state index in [1.165, 1.54) is 19.6 Å². The summed E-state index contributed by atoms with van der Waals surface area (Å²) in [7, 11) is 1.49. The molecule has 0 unspecified atom stereocenters. The van der Waals surface area contributed by atoms with Crippen molar-refractivity contribution in [1.29, 1.82) is 0 Å². The molecular formula is C22H25N3O3. The Labute approximate surface area is 165 Å². The number of hydrogen-bond donors (Lipinski definition) is 1. The van der Waals surface area contributed by atoms with Crippen LogP contribution in [0, 0.1) is 6.92 Å². The van der Waals surface area contributed by atoms with Crippen LogP contribution in [-0.2, 0) is 9.63 Å². The first-order valence-electron chi connectivity index (χ1n) is 9.30. The quantitative estimate of drug-likeness (QED) is 0.812. The van der Waals surface area contributed by atoms with Crippen molar-refractivity contribution in [3.05, 3.63) is 59.7 Å². The van der Waals surface area contributed by atoms with E-state index in [0.29, 0.717) is 25.1 Å². The Morgan fingerprint density at radius 2 is 1.89 bits per heavy atom. The zero-order chi connectivity index (χ0) is 20.1. The maximum absolute atomic E-state index is 13.1. The lowest BCUT2D eigenvalue weighted by Crippen LogP contribution is -2.42. The van der Waals surface area contributed by atoms with Gasteiger partial charge in [0.1, 0.15) is 7.11 Å². The Balaban J connectivity index is 1.80. The molecule has 1 fully saturated rings. The second kappa shape index (κ2) is 8.69. The SMILES string of the molecule is CO/N=C1\C[C@@H](CNC(C)=O)N(C(=O)c2ccc(-c3ccccc3C)cc2)C1. The molecule has 6 heteroatoms. The van der Waals surface area contributed by atoms with Crippen molar-refractivity contribution in [3.8, 4) is 11.1 Å². The van der Waals surface area contributed by atoms with Crippen LogP contribution in [-0.4, -0.2) is 48.7 Å². The minimum atomic E-state index is -0.138. The van der Waals surface area contributed by atoms with Crippen molar-refractivity contribution in [2.24, 2.45) is 5.16 Å². The van der Waals surface area contributed by atoms with E-state index < -0.39 is 0 Å². The molecule has 0 radical (unpaired) electrons. The van der Waals surface area contributed by atoms with Crippen LogP contribution in [0.1, 0.15) is 29.3 Å². The summed E-state index contributed by atoms with van der Waals surface area (Å²) >= 11 is 0. The lowest BCUT2D eigenvalue weighted by Gasteiger charge is -2.24. The average Bonchev–Trinajstić information content (AvgIpc) is 3.09. The van der Waals surface area contributed by atoms with Gasteiger partial charge in [-0.15, -0.1) is 0 Å². The van der Waals surface area contributed by atoms with Gasteiger partial charge in [-0.2, -0.15) is 0 Å². The fraction of sp³-hybridized carbons (Fsp3) is 0.318. The van der Waals surface area contributed by atoms with Gasteiger partial charge in [0, 0.05) is 25.5 Å². The third kappa shape index (κ3) is 4.39. The number of carbonyl (C=O) groups is 2. The number of aryl methyl sites for hydroxylation is 1. The summed E-state index contributed by atoms with van der Waals surface area (Å²) < 4.78 is 0. The van der Waals surface area contributed by atoms with E-state index in [4.69, 9.17) is 4.84 Å². The molecule has 28 heavy (non-hydrogen) atoms. The number of nitrogens with one attached hydrogen (secondary N) is 1. The van der Waals surface area contributed by atoms with Crippen LogP contribution < -0.4 is 5.32 Å². The summed E-state index contributed by atoms with van der Waals surface area (Å²) in [6, 6.07) is 15.7. The summed E-state index contributed by atoms with van der Waals surface area (Å²) in [5, 5.41) is 6.80. The third-order valence-corrected chi connectivity index (χ3v) is 4.92. The molecule has 2 amide bonds. The normalized spacial score (nSPS) is 17.6. The highest BCUT2D eigenvalue weighted by atomic mass is 16.6. The summed E-state index contributed by atoms with van der Waals surface area (Å²) in [5.74, 6) is -0.194. The first-order chi connectivity index (χ1) is 13.5. The largest absolute Gasteiger partial charge is 0.399 e. The number of benzene rings is 2. The van der Waals surface area contributed by atoms with Gasteiger partial charge < -0.3 is 15.1 Å². The van der Waals surface area contributed by atoms with Crippen molar-refractivity contribution in [2.45, 2.75) is 26.3 Å². The molecule has 2 aromatic carbocycles. The van der Waals surface area contributed by atoms with Crippen LogP contribution in [0.2, 0.25) is 0 Å². The van der Waals surface area contributed by atoms with E-state index >= 15 is 0 Å². The van der Waals surface area contributed by atoms with Crippen LogP contribution in [0.3, 0.4) is 0 Å². The second-order valence-electron chi connectivity index (χ2n) is 6.96. The first kappa shape index (κ1) is 19.6. The van der Waals surface area contributed by atoms with Crippen molar-refractivity contribution >= 4 is 17.5 Å². The van der Waals surface area contributed by atoms with E-state index in [9.17, 15) is 9.59 Å². The number of carbonyl (C=O) groups excluding carboxylic acids is 2. The molecule has 0 bridgehead atoms. The minimum absolute atomic E-state index is 0.0759. The lowest BCUT2D eigenvalue weighted by molar-refractivity contribution is -0.119. The number of nitrogens with zero attached hydrogens (tertiary/aromatic N) is 2. The van der Waals surface area contributed by atoms with E-state index in [0.717, 1.165) is 16.8 Å². The molecule has 1 saturated heterocycles. The highest BCUT2D eigenvalue weighted by Gasteiger charge is 2.33. The van der Waals surface area contributed by atoms with Gasteiger partial charge in [-0.1, -0.05) is 41.6 Å². The fourth-order valence-corrected chi connectivity index (χ4v) is 3.50. The Hall–Kier alpha value is -3.15. The standard InChI is InChI=1S/C22H25N3O3/c1-15-6-4-5-7-21(15)17-8-10-18(11-9-17)22(27)25-14-19(24-28-3)12-20(25)13-23-16(2)26/h4-11,20H,12-14H2,1-3H3,(H,23,26)/b24-19+/t20-/m0/s1. The van der Waals surface area contributed by atoms with Crippen molar-refractivity contribution in [3.63, 3.8) is 0 Å². The van der Waals surface area contributed by atoms with Crippen molar-refractivity contribution in [2.75, 3.05) is 20.2 Å². The molecule has 0 aliphatic carbocycles. The smallest absolute Gasteiger partial charge is 0.254 e. The molecule has 1 atom stereocenters. The summed E-state index contributed by atoms with van der Waals surface area (Å²) in [5.41, 5.74) is 4.83. The van der Waals surface area contributed by atoms with Gasteiger partial charge in [0.2, 0.25) is 5.91 Å². The van der Waals surface area contributed by atoms with Crippen LogP contribution >= 0.6 is 0 Å². The van der Waals surface area contributed by atoms with Crippen LogP contribution in [0.5, 0.6) is 0 Å². The van der Waals surface area contributed by atoms with Crippen molar-refractivity contribution in [1.82, 2.24) is 10.2 Å².